The van der Waals surface area contributed by atoms with Crippen molar-refractivity contribution >= 4 is 15.9 Å². The van der Waals surface area contributed by atoms with E-state index in [0.717, 1.165) is 22.5 Å². The second kappa shape index (κ2) is 7.32. The quantitative estimate of drug-likeness (QED) is 0.799. The lowest BCUT2D eigenvalue weighted by Gasteiger charge is -2.34. The summed E-state index contributed by atoms with van der Waals surface area (Å²) in [5.41, 5.74) is 0.600. The van der Waals surface area contributed by atoms with Crippen LogP contribution in [0, 0.1) is 24.4 Å². The van der Waals surface area contributed by atoms with Crippen LogP contribution in [0.1, 0.15) is 15.9 Å². The number of hydrogen-bond donors (Lipinski definition) is 0. The normalized spacial score (nSPS) is 15.8. The number of piperazine rings is 1. The Balaban J connectivity index is 1.72. The van der Waals surface area contributed by atoms with Gasteiger partial charge in [0, 0.05) is 37.8 Å². The number of halogens is 3. The standard InChI is InChI=1S/C18H17F3N2O3S/c1-12-2-3-13(10-15(12)20)18(24)22-6-8-23(9-7-22)27(25,26)17-5-4-14(19)11-16(17)21/h2-5,10-11H,6-9H2,1H3. The van der Waals surface area contributed by atoms with E-state index in [2.05, 4.69) is 0 Å². The maximum Gasteiger partial charge on any atom is 0.254 e. The molecule has 1 aliphatic rings. The van der Waals surface area contributed by atoms with Crippen molar-refractivity contribution in [2.24, 2.45) is 0 Å². The average molecular weight is 398 g/mol. The van der Waals surface area contributed by atoms with E-state index in [1.54, 1.807) is 6.92 Å². The van der Waals surface area contributed by atoms with Gasteiger partial charge >= 0.3 is 0 Å². The summed E-state index contributed by atoms with van der Waals surface area (Å²) < 4.78 is 66.7. The van der Waals surface area contributed by atoms with Gasteiger partial charge in [0.2, 0.25) is 10.0 Å². The molecule has 1 aliphatic heterocycles. The molecule has 0 aromatic heterocycles. The van der Waals surface area contributed by atoms with Crippen LogP contribution in [-0.2, 0) is 10.0 Å². The molecule has 0 unspecified atom stereocenters. The fourth-order valence-electron chi connectivity index (χ4n) is 2.86. The van der Waals surface area contributed by atoms with E-state index in [-0.39, 0.29) is 31.7 Å². The van der Waals surface area contributed by atoms with E-state index in [1.165, 1.54) is 17.0 Å². The Bertz CT molecular complexity index is 987. The van der Waals surface area contributed by atoms with Gasteiger partial charge in [-0.1, -0.05) is 6.07 Å². The molecule has 0 bridgehead atoms. The molecule has 1 fully saturated rings. The molecule has 2 aromatic carbocycles. The number of carbonyl (C=O) groups excluding carboxylic acids is 1. The van der Waals surface area contributed by atoms with Gasteiger partial charge in [-0.25, -0.2) is 21.6 Å². The van der Waals surface area contributed by atoms with Crippen molar-refractivity contribution in [3.05, 3.63) is 65.0 Å². The Hall–Kier alpha value is -2.39. The highest BCUT2D eigenvalue weighted by Gasteiger charge is 2.32. The van der Waals surface area contributed by atoms with Crippen molar-refractivity contribution in [1.29, 1.82) is 0 Å². The number of nitrogens with zero attached hydrogens (tertiary/aromatic N) is 2. The zero-order valence-corrected chi connectivity index (χ0v) is 15.3. The first-order valence-electron chi connectivity index (χ1n) is 8.21. The highest BCUT2D eigenvalue weighted by atomic mass is 32.2. The third-order valence-electron chi connectivity index (χ3n) is 4.46. The summed E-state index contributed by atoms with van der Waals surface area (Å²) in [5, 5.41) is 0. The van der Waals surface area contributed by atoms with Crippen molar-refractivity contribution in [3.63, 3.8) is 0 Å². The summed E-state index contributed by atoms with van der Waals surface area (Å²) in [7, 11) is -4.14. The van der Waals surface area contributed by atoms with Gasteiger partial charge in [-0.05, 0) is 36.8 Å². The first-order chi connectivity index (χ1) is 12.7. The molecule has 0 radical (unpaired) electrons. The van der Waals surface area contributed by atoms with Crippen molar-refractivity contribution in [3.8, 4) is 0 Å². The van der Waals surface area contributed by atoms with E-state index in [1.807, 2.05) is 0 Å². The van der Waals surface area contributed by atoms with Crippen LogP contribution in [0.4, 0.5) is 13.2 Å². The summed E-state index contributed by atoms with van der Waals surface area (Å²) in [6.07, 6.45) is 0. The topological polar surface area (TPSA) is 57.7 Å². The fourth-order valence-corrected chi connectivity index (χ4v) is 4.33. The Morgan fingerprint density at radius 3 is 2.19 bits per heavy atom. The molecule has 0 atom stereocenters. The van der Waals surface area contributed by atoms with Gasteiger partial charge < -0.3 is 4.90 Å². The van der Waals surface area contributed by atoms with Crippen LogP contribution in [0.2, 0.25) is 0 Å². The first-order valence-corrected chi connectivity index (χ1v) is 9.65. The van der Waals surface area contributed by atoms with Crippen LogP contribution >= 0.6 is 0 Å². The second-order valence-electron chi connectivity index (χ2n) is 6.23. The van der Waals surface area contributed by atoms with Crippen LogP contribution in [-0.4, -0.2) is 49.7 Å². The lowest BCUT2D eigenvalue weighted by atomic mass is 10.1. The van der Waals surface area contributed by atoms with E-state index in [0.29, 0.717) is 11.6 Å². The van der Waals surface area contributed by atoms with Gasteiger partial charge in [0.25, 0.3) is 5.91 Å². The molecule has 1 heterocycles. The third-order valence-corrected chi connectivity index (χ3v) is 6.39. The largest absolute Gasteiger partial charge is 0.336 e. The monoisotopic (exact) mass is 398 g/mol. The van der Waals surface area contributed by atoms with Gasteiger partial charge in [0.05, 0.1) is 0 Å². The molecule has 1 saturated heterocycles. The molecule has 0 spiro atoms. The summed E-state index contributed by atoms with van der Waals surface area (Å²) in [5.74, 6) is -2.93. The highest BCUT2D eigenvalue weighted by molar-refractivity contribution is 7.89. The summed E-state index contributed by atoms with van der Waals surface area (Å²) in [6.45, 7) is 1.66. The summed E-state index contributed by atoms with van der Waals surface area (Å²) >= 11 is 0. The Morgan fingerprint density at radius 2 is 1.59 bits per heavy atom. The molecule has 5 nitrogen and oxygen atoms in total. The molecule has 27 heavy (non-hydrogen) atoms. The Morgan fingerprint density at radius 1 is 0.926 bits per heavy atom. The molecule has 144 valence electrons. The molecular weight excluding hydrogens is 381 g/mol. The van der Waals surface area contributed by atoms with Crippen molar-refractivity contribution < 1.29 is 26.4 Å². The lowest BCUT2D eigenvalue weighted by Crippen LogP contribution is -2.50. The molecule has 2 aromatic rings. The van der Waals surface area contributed by atoms with Gasteiger partial charge in [0.15, 0.2) is 0 Å². The zero-order valence-electron chi connectivity index (χ0n) is 14.5. The van der Waals surface area contributed by atoms with Gasteiger partial charge in [-0.2, -0.15) is 4.31 Å². The highest BCUT2D eigenvalue weighted by Crippen LogP contribution is 2.22. The number of benzene rings is 2. The minimum atomic E-state index is -4.14. The fraction of sp³-hybridized carbons (Fsp3) is 0.278. The minimum Gasteiger partial charge on any atom is -0.336 e. The molecule has 1 amide bonds. The predicted molar refractivity (Wildman–Crippen MR) is 92.2 cm³/mol. The SMILES string of the molecule is Cc1ccc(C(=O)N2CCN(S(=O)(=O)c3ccc(F)cc3F)CC2)cc1F. The number of sulfonamides is 1. The van der Waals surface area contributed by atoms with Crippen molar-refractivity contribution in [2.45, 2.75) is 11.8 Å². The van der Waals surface area contributed by atoms with E-state index < -0.39 is 38.3 Å². The molecule has 0 aliphatic carbocycles. The molecule has 0 saturated carbocycles. The van der Waals surface area contributed by atoms with Gasteiger partial charge in [0.1, 0.15) is 22.3 Å². The number of carbonyl (C=O) groups is 1. The molecule has 9 heteroatoms. The van der Waals surface area contributed by atoms with Crippen LogP contribution in [0.3, 0.4) is 0 Å². The molecule has 0 N–H and O–H groups in total. The van der Waals surface area contributed by atoms with Crippen LogP contribution in [0.25, 0.3) is 0 Å². The Labute approximate surface area is 155 Å². The van der Waals surface area contributed by atoms with E-state index in [4.69, 9.17) is 0 Å². The van der Waals surface area contributed by atoms with Gasteiger partial charge in [-0.3, -0.25) is 4.79 Å². The first kappa shape index (κ1) is 19.4. The van der Waals surface area contributed by atoms with Crippen LogP contribution in [0.15, 0.2) is 41.3 Å². The van der Waals surface area contributed by atoms with Gasteiger partial charge in [-0.15, -0.1) is 0 Å². The second-order valence-corrected chi connectivity index (χ2v) is 8.14. The van der Waals surface area contributed by atoms with Crippen LogP contribution < -0.4 is 0 Å². The third kappa shape index (κ3) is 3.84. The smallest absolute Gasteiger partial charge is 0.254 e. The predicted octanol–water partition coefficient (Wildman–Crippen LogP) is 2.56. The molecule has 3 rings (SSSR count). The van der Waals surface area contributed by atoms with E-state index >= 15 is 0 Å². The summed E-state index contributed by atoms with van der Waals surface area (Å²) in [4.78, 5) is 13.3. The number of rotatable bonds is 3. The van der Waals surface area contributed by atoms with E-state index in [9.17, 15) is 26.4 Å². The van der Waals surface area contributed by atoms with Crippen LogP contribution in [0.5, 0.6) is 0 Å². The zero-order chi connectivity index (χ0) is 19.8. The number of aryl methyl sites for hydroxylation is 1. The maximum absolute atomic E-state index is 13.9. The molecular formula is C18H17F3N2O3S. The number of amides is 1. The number of hydrogen-bond acceptors (Lipinski definition) is 3. The minimum absolute atomic E-state index is 0.0424. The lowest BCUT2D eigenvalue weighted by molar-refractivity contribution is 0.0697. The van der Waals surface area contributed by atoms with Crippen molar-refractivity contribution in [2.75, 3.05) is 26.2 Å². The maximum atomic E-state index is 13.9. The summed E-state index contributed by atoms with van der Waals surface area (Å²) in [6, 6.07) is 6.43. The Kier molecular flexibility index (Phi) is 5.25. The average Bonchev–Trinajstić information content (AvgIpc) is 2.63. The van der Waals surface area contributed by atoms with Crippen molar-refractivity contribution in [1.82, 2.24) is 9.21 Å².